The lowest BCUT2D eigenvalue weighted by atomic mass is 10.3. The first-order chi connectivity index (χ1) is 5.27. The summed E-state index contributed by atoms with van der Waals surface area (Å²) in [6.45, 7) is 4.82. The van der Waals surface area contributed by atoms with Gasteiger partial charge in [-0.3, -0.25) is 0 Å². The molecular formula is C9H14IN. The maximum absolute atomic E-state index is 3.76. The molecule has 2 heteroatoms. The van der Waals surface area contributed by atoms with E-state index in [1.807, 2.05) is 7.05 Å². The van der Waals surface area contributed by atoms with E-state index in [4.69, 9.17) is 0 Å². The van der Waals surface area contributed by atoms with Crippen LogP contribution >= 0.6 is 22.6 Å². The quantitative estimate of drug-likeness (QED) is 0.466. The van der Waals surface area contributed by atoms with Crippen molar-refractivity contribution in [2.45, 2.75) is 19.3 Å². The van der Waals surface area contributed by atoms with Gasteiger partial charge in [-0.2, -0.15) is 0 Å². The van der Waals surface area contributed by atoms with Crippen LogP contribution in [0, 0.1) is 11.8 Å². The third kappa shape index (κ3) is 9.99. The number of rotatable bonds is 4. The Labute approximate surface area is 82.8 Å². The molecule has 0 spiro atoms. The van der Waals surface area contributed by atoms with E-state index in [0.29, 0.717) is 0 Å². The molecule has 0 aliphatic heterocycles. The predicted octanol–water partition coefficient (Wildman–Crippen LogP) is 2.33. The predicted molar refractivity (Wildman–Crippen MR) is 58.7 cm³/mol. The van der Waals surface area contributed by atoms with Crippen LogP contribution in [0.15, 0.2) is 10.2 Å². The number of hydrogen-bond acceptors (Lipinski definition) is 1. The van der Waals surface area contributed by atoms with E-state index in [9.17, 15) is 0 Å². The molecule has 0 radical (unpaired) electrons. The van der Waals surface area contributed by atoms with Crippen LogP contribution in [0.1, 0.15) is 19.3 Å². The molecule has 0 aromatic heterocycles. The average Bonchev–Trinajstić information content (AvgIpc) is 1.96. The maximum Gasteiger partial charge on any atom is 0.0392 e. The molecule has 0 atom stereocenters. The summed E-state index contributed by atoms with van der Waals surface area (Å²) in [7, 11) is 1.96. The molecule has 0 rings (SSSR count). The highest BCUT2D eigenvalue weighted by Gasteiger charge is 1.81. The second-order valence-electron chi connectivity index (χ2n) is 2.25. The van der Waals surface area contributed by atoms with Crippen LogP contribution in [-0.2, 0) is 0 Å². The molecule has 0 saturated carbocycles. The van der Waals surface area contributed by atoms with E-state index < -0.39 is 0 Å². The minimum atomic E-state index is 0.833. The van der Waals surface area contributed by atoms with Gasteiger partial charge in [-0.05, 0) is 46.2 Å². The van der Waals surface area contributed by atoms with Crippen molar-refractivity contribution in [3.8, 4) is 11.8 Å². The van der Waals surface area contributed by atoms with Crippen LogP contribution in [-0.4, -0.2) is 13.6 Å². The van der Waals surface area contributed by atoms with Crippen molar-refractivity contribution < 1.29 is 0 Å². The summed E-state index contributed by atoms with van der Waals surface area (Å²) in [6.07, 6.45) is 2.96. The molecule has 0 aromatic rings. The van der Waals surface area contributed by atoms with E-state index >= 15 is 0 Å². The fraction of sp³-hybridized carbons (Fsp3) is 0.556. The van der Waals surface area contributed by atoms with E-state index in [-0.39, 0.29) is 0 Å². The Morgan fingerprint density at radius 2 is 2.27 bits per heavy atom. The Morgan fingerprint density at radius 1 is 1.55 bits per heavy atom. The Morgan fingerprint density at radius 3 is 2.82 bits per heavy atom. The summed E-state index contributed by atoms with van der Waals surface area (Å²) in [5.74, 6) is 6.15. The van der Waals surface area contributed by atoms with Gasteiger partial charge in [0.05, 0.1) is 0 Å². The zero-order chi connectivity index (χ0) is 8.53. The first kappa shape index (κ1) is 11.0. The van der Waals surface area contributed by atoms with Crippen molar-refractivity contribution in [1.82, 2.24) is 5.32 Å². The number of halogens is 1. The van der Waals surface area contributed by atoms with Crippen molar-refractivity contribution in [2.24, 2.45) is 0 Å². The number of unbranched alkanes of at least 4 members (excludes halogenated alkanes) is 1. The molecule has 62 valence electrons. The topological polar surface area (TPSA) is 12.0 Å². The smallest absolute Gasteiger partial charge is 0.0392 e. The Bertz CT molecular complexity index is 164. The maximum atomic E-state index is 3.76. The van der Waals surface area contributed by atoms with Gasteiger partial charge in [-0.1, -0.05) is 12.5 Å². The number of hydrogen-bond donors (Lipinski definition) is 1. The van der Waals surface area contributed by atoms with Crippen molar-refractivity contribution in [3.05, 3.63) is 10.2 Å². The molecule has 0 amide bonds. The number of nitrogens with one attached hydrogen (secondary N) is 1. The van der Waals surface area contributed by atoms with Gasteiger partial charge in [-0.25, -0.2) is 0 Å². The number of allylic oxidation sites excluding steroid dienone is 1. The van der Waals surface area contributed by atoms with Crippen LogP contribution in [0.25, 0.3) is 0 Å². The Balaban J connectivity index is 3.19. The highest BCUT2D eigenvalue weighted by Crippen LogP contribution is 2.04. The third-order valence-corrected chi connectivity index (χ3v) is 1.52. The molecule has 0 bridgehead atoms. The Kier molecular flexibility index (Phi) is 8.08. The SMILES string of the molecule is C=C(I)CC#CCCCNC. The van der Waals surface area contributed by atoms with Gasteiger partial charge < -0.3 is 5.32 Å². The second-order valence-corrected chi connectivity index (χ2v) is 3.78. The lowest BCUT2D eigenvalue weighted by Gasteiger charge is -1.91. The normalized spacial score (nSPS) is 8.55. The Hall–Kier alpha value is -0.0100. The average molecular weight is 263 g/mol. The molecule has 1 nitrogen and oxygen atoms in total. The highest BCUT2D eigenvalue weighted by molar-refractivity contribution is 14.1. The van der Waals surface area contributed by atoms with E-state index in [0.717, 1.165) is 29.4 Å². The lowest BCUT2D eigenvalue weighted by molar-refractivity contribution is 0.742. The van der Waals surface area contributed by atoms with Crippen LogP contribution in [0.5, 0.6) is 0 Å². The zero-order valence-corrected chi connectivity index (χ0v) is 9.07. The largest absolute Gasteiger partial charge is 0.320 e. The zero-order valence-electron chi connectivity index (χ0n) is 6.91. The minimum Gasteiger partial charge on any atom is -0.320 e. The molecule has 11 heavy (non-hydrogen) atoms. The fourth-order valence-corrected chi connectivity index (χ4v) is 0.791. The van der Waals surface area contributed by atoms with Crippen molar-refractivity contribution in [1.29, 1.82) is 0 Å². The van der Waals surface area contributed by atoms with Crippen LogP contribution in [0.2, 0.25) is 0 Å². The molecule has 0 unspecified atom stereocenters. The third-order valence-electron chi connectivity index (χ3n) is 1.13. The molecule has 1 N–H and O–H groups in total. The van der Waals surface area contributed by atoms with Gasteiger partial charge in [0.2, 0.25) is 0 Å². The van der Waals surface area contributed by atoms with Gasteiger partial charge in [0.25, 0.3) is 0 Å². The fourth-order valence-electron chi connectivity index (χ4n) is 0.600. The first-order valence-corrected chi connectivity index (χ1v) is 4.79. The minimum absolute atomic E-state index is 0.833. The standard InChI is InChI=1S/C9H14IN/c1-9(10)7-5-3-4-6-8-11-2/h11H,1,4,6-8H2,2H3. The molecule has 0 saturated heterocycles. The monoisotopic (exact) mass is 263 g/mol. The van der Waals surface area contributed by atoms with Gasteiger partial charge in [0.15, 0.2) is 0 Å². The van der Waals surface area contributed by atoms with Crippen molar-refractivity contribution >= 4 is 22.6 Å². The summed E-state index contributed by atoms with van der Waals surface area (Å²) < 4.78 is 1.11. The lowest BCUT2D eigenvalue weighted by Crippen LogP contribution is -2.06. The van der Waals surface area contributed by atoms with Gasteiger partial charge in [0, 0.05) is 12.8 Å². The summed E-state index contributed by atoms with van der Waals surface area (Å²) in [5.41, 5.74) is 0. The summed E-state index contributed by atoms with van der Waals surface area (Å²) >= 11 is 2.20. The van der Waals surface area contributed by atoms with E-state index in [1.165, 1.54) is 0 Å². The van der Waals surface area contributed by atoms with Gasteiger partial charge >= 0.3 is 0 Å². The van der Waals surface area contributed by atoms with Gasteiger partial charge in [-0.15, -0.1) is 5.92 Å². The van der Waals surface area contributed by atoms with Crippen LogP contribution < -0.4 is 5.32 Å². The highest BCUT2D eigenvalue weighted by atomic mass is 127. The van der Waals surface area contributed by atoms with E-state index in [1.54, 1.807) is 0 Å². The van der Waals surface area contributed by atoms with Crippen LogP contribution in [0.3, 0.4) is 0 Å². The first-order valence-electron chi connectivity index (χ1n) is 3.71. The molecule has 0 fully saturated rings. The molecule has 0 aliphatic carbocycles. The molecule has 0 heterocycles. The van der Waals surface area contributed by atoms with Gasteiger partial charge in [0.1, 0.15) is 0 Å². The van der Waals surface area contributed by atoms with Crippen molar-refractivity contribution in [3.63, 3.8) is 0 Å². The van der Waals surface area contributed by atoms with Crippen LogP contribution in [0.4, 0.5) is 0 Å². The van der Waals surface area contributed by atoms with E-state index in [2.05, 4.69) is 46.3 Å². The summed E-state index contributed by atoms with van der Waals surface area (Å²) in [4.78, 5) is 0. The summed E-state index contributed by atoms with van der Waals surface area (Å²) in [6, 6.07) is 0. The van der Waals surface area contributed by atoms with Crippen molar-refractivity contribution in [2.75, 3.05) is 13.6 Å². The molecule has 0 aliphatic rings. The molecular weight excluding hydrogens is 249 g/mol. The second kappa shape index (κ2) is 8.09. The molecule has 0 aromatic carbocycles. The summed E-state index contributed by atoms with van der Waals surface area (Å²) in [5, 5.41) is 3.08.